The number of sulfonamides is 1. The summed E-state index contributed by atoms with van der Waals surface area (Å²) in [6, 6.07) is 10.7. The summed E-state index contributed by atoms with van der Waals surface area (Å²) in [5.74, 6) is -0.616. The number of carbonyl (C=O) groups excluding carboxylic acids is 2. The first-order valence-corrected chi connectivity index (χ1v) is 11.2. The summed E-state index contributed by atoms with van der Waals surface area (Å²) in [6.07, 6.45) is 0. The van der Waals surface area contributed by atoms with Crippen molar-refractivity contribution >= 4 is 44.8 Å². The van der Waals surface area contributed by atoms with Crippen molar-refractivity contribution in [1.82, 2.24) is 9.62 Å². The van der Waals surface area contributed by atoms with Crippen LogP contribution in [0.1, 0.15) is 24.2 Å². The molecular formula is C20H25ClN4O4S. The monoisotopic (exact) mass is 452 g/mol. The third kappa shape index (κ3) is 5.71. The quantitative estimate of drug-likeness (QED) is 0.542. The Kier molecular flexibility index (Phi) is 8.22. The molecule has 0 aliphatic carbocycles. The average molecular weight is 453 g/mol. The van der Waals surface area contributed by atoms with Gasteiger partial charge in [-0.3, -0.25) is 9.59 Å². The first-order valence-electron chi connectivity index (χ1n) is 9.38. The second-order valence-electron chi connectivity index (χ2n) is 6.29. The van der Waals surface area contributed by atoms with E-state index in [0.717, 1.165) is 0 Å². The Morgan fingerprint density at radius 2 is 1.67 bits per heavy atom. The molecule has 162 valence electrons. The van der Waals surface area contributed by atoms with Gasteiger partial charge in [0.25, 0.3) is 5.91 Å². The van der Waals surface area contributed by atoms with Crippen molar-refractivity contribution in [3.63, 3.8) is 0 Å². The predicted octanol–water partition coefficient (Wildman–Crippen LogP) is 2.78. The Balaban J connectivity index is 2.02. The third-order valence-corrected chi connectivity index (χ3v) is 6.77. The van der Waals surface area contributed by atoms with Gasteiger partial charge in [0.05, 0.1) is 22.2 Å². The molecule has 2 rings (SSSR count). The van der Waals surface area contributed by atoms with E-state index in [-0.39, 0.29) is 23.3 Å². The highest BCUT2D eigenvalue weighted by atomic mass is 35.5. The molecule has 0 saturated carbocycles. The fourth-order valence-corrected chi connectivity index (χ4v) is 4.39. The molecule has 3 N–H and O–H groups in total. The maximum atomic E-state index is 12.5. The van der Waals surface area contributed by atoms with Gasteiger partial charge >= 0.3 is 0 Å². The lowest BCUT2D eigenvalue weighted by molar-refractivity contribution is -0.114. The van der Waals surface area contributed by atoms with Crippen molar-refractivity contribution < 1.29 is 18.0 Å². The smallest absolute Gasteiger partial charge is 0.251 e. The Morgan fingerprint density at radius 1 is 1.03 bits per heavy atom. The van der Waals surface area contributed by atoms with Crippen LogP contribution in [0.2, 0.25) is 5.02 Å². The van der Waals surface area contributed by atoms with E-state index in [4.69, 9.17) is 11.6 Å². The van der Waals surface area contributed by atoms with Crippen molar-refractivity contribution in [2.75, 3.05) is 37.3 Å². The standard InChI is InChI=1S/C20H25ClN4O4S/c1-4-25(5-2)30(28,29)16-9-7-15(8-10-16)24-19(26)13-23-18-12-14(20(27)22-3)6-11-17(18)21/h6-12,23H,4-5,13H2,1-3H3,(H,22,27)(H,24,26). The molecule has 0 saturated heterocycles. The molecule has 30 heavy (non-hydrogen) atoms. The summed E-state index contributed by atoms with van der Waals surface area (Å²) >= 11 is 6.11. The number of anilines is 2. The van der Waals surface area contributed by atoms with Crippen molar-refractivity contribution in [3.8, 4) is 0 Å². The minimum Gasteiger partial charge on any atom is -0.375 e. The van der Waals surface area contributed by atoms with Crippen LogP contribution in [0.25, 0.3) is 0 Å². The van der Waals surface area contributed by atoms with Crippen LogP contribution in [0.4, 0.5) is 11.4 Å². The zero-order valence-electron chi connectivity index (χ0n) is 17.0. The Bertz CT molecular complexity index is 1010. The van der Waals surface area contributed by atoms with Crippen LogP contribution in [0.3, 0.4) is 0 Å². The minimum atomic E-state index is -3.55. The van der Waals surface area contributed by atoms with E-state index in [0.29, 0.717) is 35.1 Å². The van der Waals surface area contributed by atoms with E-state index in [9.17, 15) is 18.0 Å². The molecule has 2 aromatic rings. The van der Waals surface area contributed by atoms with Crippen LogP contribution in [-0.2, 0) is 14.8 Å². The number of nitrogens with one attached hydrogen (secondary N) is 3. The molecule has 10 heteroatoms. The molecule has 0 heterocycles. The molecule has 0 aliphatic heterocycles. The molecule has 0 spiro atoms. The lowest BCUT2D eigenvalue weighted by atomic mass is 10.2. The lowest BCUT2D eigenvalue weighted by Crippen LogP contribution is -2.30. The Morgan fingerprint density at radius 3 is 2.23 bits per heavy atom. The second kappa shape index (κ2) is 10.4. The third-order valence-electron chi connectivity index (χ3n) is 4.38. The van der Waals surface area contributed by atoms with E-state index in [2.05, 4.69) is 16.0 Å². The van der Waals surface area contributed by atoms with Crippen LogP contribution >= 0.6 is 11.6 Å². The molecule has 0 atom stereocenters. The van der Waals surface area contributed by atoms with E-state index < -0.39 is 10.0 Å². The summed E-state index contributed by atoms with van der Waals surface area (Å²) in [7, 11) is -2.03. The van der Waals surface area contributed by atoms with E-state index in [1.165, 1.54) is 35.6 Å². The van der Waals surface area contributed by atoms with Crippen LogP contribution in [0, 0.1) is 0 Å². The first kappa shape index (κ1) is 23.7. The molecule has 0 unspecified atom stereocenters. The van der Waals surface area contributed by atoms with E-state index >= 15 is 0 Å². The van der Waals surface area contributed by atoms with Gasteiger partial charge in [0.1, 0.15) is 0 Å². The Labute approximate surface area is 181 Å². The summed E-state index contributed by atoms with van der Waals surface area (Å²) in [5, 5.41) is 8.47. The number of rotatable bonds is 9. The fourth-order valence-electron chi connectivity index (χ4n) is 2.75. The van der Waals surface area contributed by atoms with Crippen molar-refractivity contribution in [1.29, 1.82) is 0 Å². The zero-order valence-corrected chi connectivity index (χ0v) is 18.6. The SMILES string of the molecule is CCN(CC)S(=O)(=O)c1ccc(NC(=O)CNc2cc(C(=O)NC)ccc2Cl)cc1. The normalized spacial score (nSPS) is 11.2. The van der Waals surface area contributed by atoms with Crippen LogP contribution in [0.15, 0.2) is 47.4 Å². The van der Waals surface area contributed by atoms with Gasteiger partial charge in [-0.05, 0) is 42.5 Å². The van der Waals surface area contributed by atoms with Gasteiger partial charge < -0.3 is 16.0 Å². The van der Waals surface area contributed by atoms with Crippen molar-refractivity contribution in [2.24, 2.45) is 0 Å². The van der Waals surface area contributed by atoms with E-state index in [1.807, 2.05) is 0 Å². The molecule has 0 bridgehead atoms. The first-order chi connectivity index (χ1) is 14.2. The number of hydrogen-bond donors (Lipinski definition) is 3. The molecule has 2 aromatic carbocycles. The van der Waals surface area contributed by atoms with Gasteiger partial charge in [0.2, 0.25) is 15.9 Å². The van der Waals surface area contributed by atoms with E-state index in [1.54, 1.807) is 32.0 Å². The second-order valence-corrected chi connectivity index (χ2v) is 8.63. The van der Waals surface area contributed by atoms with Crippen LogP contribution in [0.5, 0.6) is 0 Å². The summed E-state index contributed by atoms with van der Waals surface area (Å²) < 4.78 is 26.4. The molecule has 0 radical (unpaired) electrons. The fraction of sp³-hybridized carbons (Fsp3) is 0.300. The topological polar surface area (TPSA) is 108 Å². The van der Waals surface area contributed by atoms with Crippen molar-refractivity contribution in [2.45, 2.75) is 18.7 Å². The van der Waals surface area contributed by atoms with Crippen LogP contribution < -0.4 is 16.0 Å². The predicted molar refractivity (Wildman–Crippen MR) is 119 cm³/mol. The van der Waals surface area contributed by atoms with Crippen LogP contribution in [-0.4, -0.2) is 51.2 Å². The number of hydrogen-bond acceptors (Lipinski definition) is 5. The number of nitrogens with zero attached hydrogens (tertiary/aromatic N) is 1. The number of carbonyl (C=O) groups is 2. The molecule has 0 fully saturated rings. The largest absolute Gasteiger partial charge is 0.375 e. The van der Waals surface area contributed by atoms with Gasteiger partial charge in [0, 0.05) is 31.4 Å². The van der Waals surface area contributed by atoms with Gasteiger partial charge in [-0.25, -0.2) is 8.42 Å². The van der Waals surface area contributed by atoms with Gasteiger partial charge in [-0.1, -0.05) is 25.4 Å². The zero-order chi connectivity index (χ0) is 22.3. The maximum absolute atomic E-state index is 12.5. The number of halogens is 1. The summed E-state index contributed by atoms with van der Waals surface area (Å²) in [6.45, 7) is 4.23. The average Bonchev–Trinajstić information content (AvgIpc) is 2.73. The van der Waals surface area contributed by atoms with Gasteiger partial charge in [0.15, 0.2) is 0 Å². The molecular weight excluding hydrogens is 428 g/mol. The summed E-state index contributed by atoms with van der Waals surface area (Å²) in [4.78, 5) is 24.1. The molecule has 0 aliphatic rings. The highest BCUT2D eigenvalue weighted by Gasteiger charge is 2.21. The Hall–Kier alpha value is -2.62. The molecule has 8 nitrogen and oxygen atoms in total. The molecule has 0 aromatic heterocycles. The lowest BCUT2D eigenvalue weighted by Gasteiger charge is -2.18. The van der Waals surface area contributed by atoms with Gasteiger partial charge in [-0.2, -0.15) is 4.31 Å². The number of amides is 2. The summed E-state index contributed by atoms with van der Waals surface area (Å²) in [5.41, 5.74) is 1.33. The van der Waals surface area contributed by atoms with Crippen molar-refractivity contribution in [3.05, 3.63) is 53.1 Å². The highest BCUT2D eigenvalue weighted by Crippen LogP contribution is 2.23. The molecule has 2 amide bonds. The number of benzene rings is 2. The maximum Gasteiger partial charge on any atom is 0.251 e. The minimum absolute atomic E-state index is 0.0869. The highest BCUT2D eigenvalue weighted by molar-refractivity contribution is 7.89. The van der Waals surface area contributed by atoms with Gasteiger partial charge in [-0.15, -0.1) is 0 Å².